The Morgan fingerprint density at radius 3 is 2.08 bits per heavy atom. The van der Waals surface area contributed by atoms with Gasteiger partial charge in [0.25, 0.3) is 0 Å². The van der Waals surface area contributed by atoms with Crippen molar-refractivity contribution in [3.8, 4) is 0 Å². The highest BCUT2D eigenvalue weighted by Crippen LogP contribution is 2.45. The molecule has 1 aliphatic heterocycles. The number of amides is 1. The molecule has 2 N–H and O–H groups in total. The number of sulfonamides is 1. The second kappa shape index (κ2) is 10.4. The number of carbonyl (C=O) groups excluding carboxylic acids is 1. The summed E-state index contributed by atoms with van der Waals surface area (Å²) in [6.45, 7) is 1.36. The molecule has 0 bridgehead atoms. The molecular weight excluding hydrogens is 517 g/mol. The van der Waals surface area contributed by atoms with Crippen molar-refractivity contribution in [1.82, 2.24) is 4.31 Å². The van der Waals surface area contributed by atoms with Crippen LogP contribution in [0, 0.1) is 36.1 Å². The summed E-state index contributed by atoms with van der Waals surface area (Å²) in [6, 6.07) is 3.58. The molecule has 1 amide bonds. The molecule has 2 unspecified atom stereocenters. The van der Waals surface area contributed by atoms with Crippen molar-refractivity contribution in [2.75, 3.05) is 6.54 Å². The van der Waals surface area contributed by atoms with E-state index in [2.05, 4.69) is 0 Å². The number of nitrogens with two attached hydrogens (primary N) is 1. The van der Waals surface area contributed by atoms with Crippen LogP contribution in [-0.4, -0.2) is 25.2 Å². The van der Waals surface area contributed by atoms with Crippen LogP contribution in [0.3, 0.4) is 0 Å². The van der Waals surface area contributed by atoms with Gasteiger partial charge in [-0.3, -0.25) is 4.79 Å². The lowest BCUT2D eigenvalue weighted by Crippen LogP contribution is -2.42. The zero-order valence-electron chi connectivity index (χ0n) is 19.0. The molecule has 0 aliphatic carbocycles. The highest BCUT2D eigenvalue weighted by molar-refractivity contribution is 7.89. The molecule has 1 saturated heterocycles. The fraction of sp³-hybridized carbons (Fsp3) is 0.435. The third-order valence-electron chi connectivity index (χ3n) is 6.24. The molecule has 1 heterocycles. The number of hydrogen-bond acceptors (Lipinski definition) is 3. The first-order valence-corrected chi connectivity index (χ1v) is 12.4. The van der Waals surface area contributed by atoms with Crippen LogP contribution in [0.4, 0.5) is 30.7 Å². The van der Waals surface area contributed by atoms with Crippen molar-refractivity contribution in [2.45, 2.75) is 56.1 Å². The lowest BCUT2D eigenvalue weighted by Gasteiger charge is -2.39. The Labute approximate surface area is 203 Å². The molecule has 1 fully saturated rings. The lowest BCUT2D eigenvalue weighted by molar-refractivity contribution is -0.143. The van der Waals surface area contributed by atoms with Gasteiger partial charge in [-0.25, -0.2) is 26.0 Å². The molecule has 1 aliphatic rings. The van der Waals surface area contributed by atoms with Crippen LogP contribution in [0.25, 0.3) is 0 Å². The van der Waals surface area contributed by atoms with Crippen LogP contribution in [0.15, 0.2) is 29.2 Å². The summed E-state index contributed by atoms with van der Waals surface area (Å²) in [6.07, 6.45) is -5.38. The Hall–Kier alpha value is -2.67. The van der Waals surface area contributed by atoms with E-state index in [1.807, 2.05) is 0 Å². The van der Waals surface area contributed by atoms with E-state index in [0.29, 0.717) is 9.87 Å². The smallest absolute Gasteiger partial charge is 0.370 e. The molecule has 36 heavy (non-hydrogen) atoms. The second-order valence-corrected chi connectivity index (χ2v) is 10.6. The minimum atomic E-state index is -5.73. The van der Waals surface area contributed by atoms with Crippen molar-refractivity contribution in [3.63, 3.8) is 0 Å². The van der Waals surface area contributed by atoms with E-state index in [4.69, 9.17) is 5.73 Å². The number of piperidine rings is 1. The summed E-state index contributed by atoms with van der Waals surface area (Å²) in [4.78, 5) is 10.8. The first-order valence-electron chi connectivity index (χ1n) is 11.0. The molecule has 5 nitrogen and oxygen atoms in total. The predicted molar refractivity (Wildman–Crippen MR) is 115 cm³/mol. The molecule has 2 aromatic carbocycles. The highest BCUT2D eigenvalue weighted by Gasteiger charge is 2.46. The number of nitrogens with zero attached hydrogens (tertiary/aromatic N) is 1. The van der Waals surface area contributed by atoms with E-state index in [0.717, 1.165) is 0 Å². The van der Waals surface area contributed by atoms with Crippen LogP contribution in [0.1, 0.15) is 54.8 Å². The van der Waals surface area contributed by atoms with E-state index in [1.54, 1.807) is 6.92 Å². The normalized spacial score (nSPS) is 19.4. The van der Waals surface area contributed by atoms with Crippen LogP contribution in [-0.2, 0) is 21.0 Å². The maximum atomic E-state index is 15.0. The van der Waals surface area contributed by atoms with Crippen molar-refractivity contribution >= 4 is 15.9 Å². The quantitative estimate of drug-likeness (QED) is 0.379. The van der Waals surface area contributed by atoms with Crippen LogP contribution in [0.5, 0.6) is 0 Å². The average molecular weight is 541 g/mol. The summed E-state index contributed by atoms with van der Waals surface area (Å²) in [5.41, 5.74) is 1.64. The van der Waals surface area contributed by atoms with E-state index in [1.165, 1.54) is 24.3 Å². The predicted octanol–water partition coefficient (Wildman–Crippen LogP) is 5.37. The SMILES string of the molecule is Cc1ccc(S(=O)(=O)N2CCC(CCCC(N)=O)CC2c2c(F)c(F)c(C(F)(F)F)c(F)c2F)cc1. The Kier molecular flexibility index (Phi) is 8.04. The van der Waals surface area contributed by atoms with E-state index < -0.39 is 68.5 Å². The second-order valence-electron chi connectivity index (χ2n) is 8.74. The Bertz CT molecular complexity index is 1220. The molecule has 0 spiro atoms. The largest absolute Gasteiger partial charge is 0.422 e. The topological polar surface area (TPSA) is 80.5 Å². The summed E-state index contributed by atoms with van der Waals surface area (Å²) >= 11 is 0. The number of aryl methyl sites for hydroxylation is 1. The van der Waals surface area contributed by atoms with Gasteiger partial charge < -0.3 is 5.73 Å². The zero-order chi connectivity index (χ0) is 27.0. The third kappa shape index (κ3) is 5.51. The van der Waals surface area contributed by atoms with Gasteiger partial charge >= 0.3 is 6.18 Å². The first kappa shape index (κ1) is 27.9. The first-order chi connectivity index (χ1) is 16.7. The van der Waals surface area contributed by atoms with Crippen LogP contribution in [0.2, 0.25) is 0 Å². The lowest BCUT2D eigenvalue weighted by atomic mass is 9.84. The highest BCUT2D eigenvalue weighted by atomic mass is 32.2. The zero-order valence-corrected chi connectivity index (χ0v) is 19.8. The van der Waals surface area contributed by atoms with E-state index >= 15 is 0 Å². The van der Waals surface area contributed by atoms with Gasteiger partial charge in [0, 0.05) is 18.5 Å². The van der Waals surface area contributed by atoms with Gasteiger partial charge in [-0.15, -0.1) is 0 Å². The number of hydrogen-bond donors (Lipinski definition) is 1. The Balaban J connectivity index is 2.13. The number of carbonyl (C=O) groups is 1. The Morgan fingerprint density at radius 1 is 1.03 bits per heavy atom. The minimum absolute atomic E-state index is 0.0151. The maximum absolute atomic E-state index is 15.0. The molecule has 0 radical (unpaired) electrons. The fourth-order valence-corrected chi connectivity index (χ4v) is 6.05. The number of primary amides is 1. The standard InChI is InChI=1S/C23H23F7N2O3S/c1-12-5-7-14(8-6-12)36(34,35)32-10-9-13(3-2-4-16(31)33)11-15(32)17-19(24)21(26)18(23(28,29)30)22(27)20(17)25/h5-8,13,15H,2-4,9-11H2,1H3,(H2,31,33). The maximum Gasteiger partial charge on any atom is 0.422 e. The molecule has 198 valence electrons. The Morgan fingerprint density at radius 2 is 1.58 bits per heavy atom. The van der Waals surface area contributed by atoms with Gasteiger partial charge in [-0.1, -0.05) is 17.7 Å². The van der Waals surface area contributed by atoms with Gasteiger partial charge in [-0.05, 0) is 50.7 Å². The van der Waals surface area contributed by atoms with E-state index in [9.17, 15) is 43.9 Å². The summed E-state index contributed by atoms with van der Waals surface area (Å²) in [7, 11) is -4.47. The summed E-state index contributed by atoms with van der Waals surface area (Å²) in [5.74, 6) is -11.0. The van der Waals surface area contributed by atoms with Gasteiger partial charge in [0.05, 0.1) is 10.9 Å². The number of halogens is 7. The molecule has 3 rings (SSSR count). The number of benzene rings is 2. The van der Waals surface area contributed by atoms with Crippen molar-refractivity contribution in [3.05, 3.63) is 64.2 Å². The van der Waals surface area contributed by atoms with Gasteiger partial charge in [0.15, 0.2) is 23.3 Å². The number of alkyl halides is 3. The van der Waals surface area contributed by atoms with Gasteiger partial charge in [0.1, 0.15) is 5.56 Å². The average Bonchev–Trinajstić information content (AvgIpc) is 2.77. The number of rotatable bonds is 7. The molecule has 2 aromatic rings. The minimum Gasteiger partial charge on any atom is -0.370 e. The summed E-state index contributed by atoms with van der Waals surface area (Å²) in [5, 5.41) is 0. The molecular formula is C23H23F7N2O3S. The van der Waals surface area contributed by atoms with Crippen molar-refractivity contribution < 1.29 is 43.9 Å². The molecule has 13 heteroatoms. The van der Waals surface area contributed by atoms with Crippen molar-refractivity contribution in [2.24, 2.45) is 11.7 Å². The molecule has 2 atom stereocenters. The van der Waals surface area contributed by atoms with Crippen LogP contribution >= 0.6 is 0 Å². The monoisotopic (exact) mass is 540 g/mol. The van der Waals surface area contributed by atoms with E-state index in [-0.39, 0.29) is 43.5 Å². The molecule has 0 aromatic heterocycles. The van der Waals surface area contributed by atoms with Gasteiger partial charge in [0.2, 0.25) is 15.9 Å². The van der Waals surface area contributed by atoms with Crippen LogP contribution < -0.4 is 5.73 Å². The van der Waals surface area contributed by atoms with Crippen molar-refractivity contribution in [1.29, 1.82) is 0 Å². The fourth-order valence-electron chi connectivity index (χ4n) is 4.43. The van der Waals surface area contributed by atoms with Gasteiger partial charge in [-0.2, -0.15) is 17.5 Å². The summed E-state index contributed by atoms with van der Waals surface area (Å²) < 4.78 is 125. The third-order valence-corrected chi connectivity index (χ3v) is 8.16. The molecule has 0 saturated carbocycles.